The van der Waals surface area contributed by atoms with E-state index in [0.29, 0.717) is 23.4 Å². The van der Waals surface area contributed by atoms with Crippen LogP contribution < -0.4 is 5.48 Å². The van der Waals surface area contributed by atoms with Gasteiger partial charge >= 0.3 is 0 Å². The van der Waals surface area contributed by atoms with Gasteiger partial charge in [-0.25, -0.2) is 9.87 Å². The highest BCUT2D eigenvalue weighted by Crippen LogP contribution is 2.30. The van der Waals surface area contributed by atoms with Gasteiger partial charge in [0.2, 0.25) is 0 Å². The summed E-state index contributed by atoms with van der Waals surface area (Å²) in [5.74, 6) is -0.236. The maximum atomic E-state index is 13.5. The van der Waals surface area contributed by atoms with Gasteiger partial charge in [0.05, 0.1) is 18.5 Å². The second-order valence-corrected chi connectivity index (χ2v) is 4.72. The summed E-state index contributed by atoms with van der Waals surface area (Å²) in [4.78, 5) is 0.644. The van der Waals surface area contributed by atoms with Gasteiger partial charge in [0.1, 0.15) is 5.82 Å². The highest BCUT2D eigenvalue weighted by Gasteiger charge is 2.20. The molecule has 1 saturated heterocycles. The van der Waals surface area contributed by atoms with Gasteiger partial charge in [0.15, 0.2) is 0 Å². The number of ether oxygens (including phenoxy) is 1. The Kier molecular flexibility index (Phi) is 3.58. The number of halogens is 1. The molecule has 0 unspecified atom stereocenters. The van der Waals surface area contributed by atoms with Crippen LogP contribution in [0.2, 0.25) is 0 Å². The summed E-state index contributed by atoms with van der Waals surface area (Å²) in [6, 6.07) is 4.98. The lowest BCUT2D eigenvalue weighted by molar-refractivity contribution is 0.0455. The summed E-state index contributed by atoms with van der Waals surface area (Å²) in [5.41, 5.74) is 2.73. The summed E-state index contributed by atoms with van der Waals surface area (Å²) in [5, 5.41) is 8.85. The van der Waals surface area contributed by atoms with Crippen molar-refractivity contribution in [2.75, 3.05) is 13.2 Å². The topological polar surface area (TPSA) is 41.5 Å². The fourth-order valence-electron chi connectivity index (χ4n) is 1.30. The first kappa shape index (κ1) is 10.9. The van der Waals surface area contributed by atoms with E-state index in [2.05, 4.69) is 0 Å². The Morgan fingerprint density at radius 2 is 2.33 bits per heavy atom. The van der Waals surface area contributed by atoms with Crippen LogP contribution in [0.3, 0.4) is 0 Å². The van der Waals surface area contributed by atoms with Crippen molar-refractivity contribution in [3.05, 3.63) is 29.6 Å². The molecule has 0 spiro atoms. The average Bonchev–Trinajstić information content (AvgIpc) is 2.14. The molecule has 0 bridgehead atoms. The molecule has 0 atom stereocenters. The number of nitrogens with one attached hydrogen (secondary N) is 1. The minimum atomic E-state index is -0.236. The van der Waals surface area contributed by atoms with Gasteiger partial charge in [-0.2, -0.15) is 0 Å². The lowest BCUT2D eigenvalue weighted by Gasteiger charge is -2.25. The molecular weight excluding hydrogens is 217 g/mol. The first-order chi connectivity index (χ1) is 7.29. The summed E-state index contributed by atoms with van der Waals surface area (Å²) in [6.45, 7) is 1.66. The Labute approximate surface area is 91.6 Å². The number of hydrogen-bond donors (Lipinski definition) is 2. The first-order valence-electron chi connectivity index (χ1n) is 4.69. The fraction of sp³-hybridized carbons (Fsp3) is 0.400. The van der Waals surface area contributed by atoms with E-state index in [1.54, 1.807) is 12.1 Å². The second kappa shape index (κ2) is 4.94. The van der Waals surface area contributed by atoms with E-state index in [4.69, 9.17) is 9.94 Å². The molecular formula is C10H12FNO2S. The maximum Gasteiger partial charge on any atom is 0.137 e. The third-order valence-electron chi connectivity index (χ3n) is 2.18. The SMILES string of the molecule is ONCc1ccc(SC2COC2)c(F)c1. The third kappa shape index (κ3) is 2.69. The Balaban J connectivity index is 2.04. The van der Waals surface area contributed by atoms with Gasteiger partial charge in [-0.3, -0.25) is 0 Å². The number of rotatable bonds is 4. The molecule has 3 nitrogen and oxygen atoms in total. The largest absolute Gasteiger partial charge is 0.379 e. The van der Waals surface area contributed by atoms with Crippen LogP contribution >= 0.6 is 11.8 Å². The van der Waals surface area contributed by atoms with Crippen molar-refractivity contribution >= 4 is 11.8 Å². The maximum absolute atomic E-state index is 13.5. The Bertz CT molecular complexity index is 344. The summed E-state index contributed by atoms with van der Waals surface area (Å²) in [7, 11) is 0. The van der Waals surface area contributed by atoms with Crippen molar-refractivity contribution in [3.8, 4) is 0 Å². The van der Waals surface area contributed by atoms with Gasteiger partial charge in [0, 0.05) is 11.4 Å². The minimum absolute atomic E-state index is 0.236. The Hall–Kier alpha value is -0.620. The van der Waals surface area contributed by atoms with E-state index in [-0.39, 0.29) is 12.4 Å². The van der Waals surface area contributed by atoms with E-state index < -0.39 is 0 Å². The van der Waals surface area contributed by atoms with Crippen molar-refractivity contribution < 1.29 is 14.3 Å². The zero-order valence-corrected chi connectivity index (χ0v) is 8.89. The molecule has 1 aromatic rings. The lowest BCUT2D eigenvalue weighted by Crippen LogP contribution is -2.30. The molecule has 0 amide bonds. The molecule has 2 rings (SSSR count). The molecule has 1 heterocycles. The van der Waals surface area contributed by atoms with Gasteiger partial charge in [-0.1, -0.05) is 6.07 Å². The van der Waals surface area contributed by atoms with E-state index in [9.17, 15) is 4.39 Å². The van der Waals surface area contributed by atoms with Crippen LogP contribution in [0.25, 0.3) is 0 Å². The molecule has 1 aromatic carbocycles. The molecule has 15 heavy (non-hydrogen) atoms. The number of hydroxylamine groups is 1. The van der Waals surface area contributed by atoms with E-state index in [0.717, 1.165) is 5.56 Å². The standard InChI is InChI=1S/C10H12FNO2S/c11-9-3-7(4-12-13)1-2-10(9)15-8-5-14-6-8/h1-3,8,12-13H,4-6H2. The van der Waals surface area contributed by atoms with Crippen LogP contribution in [0, 0.1) is 5.82 Å². The molecule has 0 radical (unpaired) electrons. The van der Waals surface area contributed by atoms with Crippen molar-refractivity contribution in [2.45, 2.75) is 16.7 Å². The average molecular weight is 229 g/mol. The normalized spacial score (nSPS) is 16.4. The molecule has 0 aromatic heterocycles. The van der Waals surface area contributed by atoms with Crippen molar-refractivity contribution in [3.63, 3.8) is 0 Å². The van der Waals surface area contributed by atoms with Crippen LogP contribution in [0.15, 0.2) is 23.1 Å². The Morgan fingerprint density at radius 1 is 1.53 bits per heavy atom. The summed E-state index contributed by atoms with van der Waals surface area (Å²) in [6.07, 6.45) is 0. The Morgan fingerprint density at radius 3 is 2.87 bits per heavy atom. The molecule has 0 saturated carbocycles. The molecule has 82 valence electrons. The minimum Gasteiger partial charge on any atom is -0.379 e. The molecule has 5 heteroatoms. The predicted octanol–water partition coefficient (Wildman–Crippen LogP) is 1.80. The van der Waals surface area contributed by atoms with Gasteiger partial charge < -0.3 is 9.94 Å². The second-order valence-electron chi connectivity index (χ2n) is 3.38. The third-order valence-corrected chi connectivity index (χ3v) is 3.37. The highest BCUT2D eigenvalue weighted by molar-refractivity contribution is 8.00. The zero-order chi connectivity index (χ0) is 10.7. The summed E-state index contributed by atoms with van der Waals surface area (Å²) < 4.78 is 18.5. The smallest absolute Gasteiger partial charge is 0.137 e. The predicted molar refractivity (Wildman–Crippen MR) is 55.5 cm³/mol. The molecule has 0 aliphatic carbocycles. The summed E-state index contributed by atoms with van der Waals surface area (Å²) >= 11 is 1.50. The van der Waals surface area contributed by atoms with Gasteiger partial charge in [0.25, 0.3) is 0 Å². The van der Waals surface area contributed by atoms with Crippen LogP contribution in [0.4, 0.5) is 4.39 Å². The zero-order valence-electron chi connectivity index (χ0n) is 8.07. The van der Waals surface area contributed by atoms with Crippen LogP contribution in [-0.2, 0) is 11.3 Å². The molecule has 1 fully saturated rings. The monoisotopic (exact) mass is 229 g/mol. The number of benzene rings is 1. The van der Waals surface area contributed by atoms with Crippen LogP contribution in [-0.4, -0.2) is 23.7 Å². The highest BCUT2D eigenvalue weighted by atomic mass is 32.2. The lowest BCUT2D eigenvalue weighted by atomic mass is 10.2. The molecule has 1 aliphatic heterocycles. The number of hydrogen-bond acceptors (Lipinski definition) is 4. The number of thioether (sulfide) groups is 1. The van der Waals surface area contributed by atoms with Crippen LogP contribution in [0.5, 0.6) is 0 Å². The first-order valence-corrected chi connectivity index (χ1v) is 5.57. The molecule has 2 N–H and O–H groups in total. The van der Waals surface area contributed by atoms with E-state index in [1.165, 1.54) is 17.8 Å². The van der Waals surface area contributed by atoms with Crippen molar-refractivity contribution in [2.24, 2.45) is 0 Å². The quantitative estimate of drug-likeness (QED) is 0.772. The van der Waals surface area contributed by atoms with E-state index >= 15 is 0 Å². The van der Waals surface area contributed by atoms with Crippen molar-refractivity contribution in [1.29, 1.82) is 0 Å². The van der Waals surface area contributed by atoms with Gasteiger partial charge in [-0.15, -0.1) is 11.8 Å². The van der Waals surface area contributed by atoms with Gasteiger partial charge in [-0.05, 0) is 17.7 Å². The fourth-order valence-corrected chi connectivity index (χ4v) is 2.31. The van der Waals surface area contributed by atoms with Crippen molar-refractivity contribution in [1.82, 2.24) is 5.48 Å². The van der Waals surface area contributed by atoms with E-state index in [1.807, 2.05) is 5.48 Å². The van der Waals surface area contributed by atoms with Crippen LogP contribution in [0.1, 0.15) is 5.56 Å². The molecule has 1 aliphatic rings.